The summed E-state index contributed by atoms with van der Waals surface area (Å²) in [4.78, 5) is 8.86. The molecule has 15 heavy (non-hydrogen) atoms. The molecule has 0 bridgehead atoms. The van der Waals surface area contributed by atoms with E-state index in [0.29, 0.717) is 0 Å². The van der Waals surface area contributed by atoms with E-state index in [1.54, 1.807) is 0 Å². The molecule has 0 aliphatic carbocycles. The summed E-state index contributed by atoms with van der Waals surface area (Å²) in [5, 5.41) is 14.7. The Kier molecular flexibility index (Phi) is 3.19. The average molecular weight is 271 g/mol. The molecule has 0 atom stereocenters. The first-order valence-corrected chi connectivity index (χ1v) is 5.70. The summed E-state index contributed by atoms with van der Waals surface area (Å²) in [6.07, 6.45) is 0. The first kappa shape index (κ1) is 12.2. The van der Waals surface area contributed by atoms with Crippen molar-refractivity contribution in [1.82, 2.24) is 0 Å². The highest BCUT2D eigenvalue weighted by Gasteiger charge is 2.29. The Hall–Kier alpha value is -0.890. The summed E-state index contributed by atoms with van der Waals surface area (Å²) in [6.45, 7) is 0. The number of hydrogen-bond acceptors (Lipinski definition) is 4. The van der Waals surface area contributed by atoms with Gasteiger partial charge < -0.3 is 0 Å². The molecule has 0 aliphatic rings. The standard InChI is InChI=1S/C6H4Cl2N2O4S/c7-3-1-2-4(8)6(15(9,13)14)5(3)10(11)12/h1-2H,(H2,9,13,14). The molecule has 6 nitrogen and oxygen atoms in total. The quantitative estimate of drug-likeness (QED) is 0.650. The van der Waals surface area contributed by atoms with Crippen molar-refractivity contribution in [2.75, 3.05) is 0 Å². The van der Waals surface area contributed by atoms with Gasteiger partial charge in [0, 0.05) is 0 Å². The number of hydrogen-bond donors (Lipinski definition) is 1. The van der Waals surface area contributed by atoms with Crippen LogP contribution in [0.25, 0.3) is 0 Å². The summed E-state index contributed by atoms with van der Waals surface area (Å²) in [5.74, 6) is 0. The van der Waals surface area contributed by atoms with Crippen molar-refractivity contribution in [2.24, 2.45) is 5.14 Å². The minimum atomic E-state index is -4.29. The van der Waals surface area contributed by atoms with E-state index in [4.69, 9.17) is 28.3 Å². The van der Waals surface area contributed by atoms with Crippen molar-refractivity contribution in [3.8, 4) is 0 Å². The van der Waals surface area contributed by atoms with Crippen LogP contribution in [0.1, 0.15) is 0 Å². The third-order valence-electron chi connectivity index (χ3n) is 1.50. The number of sulfonamides is 1. The van der Waals surface area contributed by atoms with Gasteiger partial charge in [-0.15, -0.1) is 0 Å². The fraction of sp³-hybridized carbons (Fsp3) is 0. The summed E-state index contributed by atoms with van der Waals surface area (Å²) in [5.41, 5.74) is -0.813. The average Bonchev–Trinajstić information content (AvgIpc) is 2.05. The molecule has 1 aromatic rings. The summed E-state index contributed by atoms with van der Waals surface area (Å²) >= 11 is 11.0. The maximum Gasteiger partial charge on any atom is 0.309 e. The Labute approximate surface area is 94.8 Å². The molecule has 0 unspecified atom stereocenters. The van der Waals surface area contributed by atoms with E-state index in [9.17, 15) is 18.5 Å². The molecular weight excluding hydrogens is 267 g/mol. The molecule has 2 N–H and O–H groups in total. The van der Waals surface area contributed by atoms with Crippen LogP contribution in [-0.4, -0.2) is 13.3 Å². The van der Waals surface area contributed by atoms with Crippen LogP contribution < -0.4 is 5.14 Å². The fourth-order valence-electron chi connectivity index (χ4n) is 0.963. The molecule has 0 heterocycles. The first-order valence-electron chi connectivity index (χ1n) is 3.40. The Balaban J connectivity index is 3.76. The zero-order chi connectivity index (χ0) is 11.8. The molecule has 0 spiro atoms. The lowest BCUT2D eigenvalue weighted by Crippen LogP contribution is -2.15. The lowest BCUT2D eigenvalue weighted by atomic mass is 10.3. The number of nitro benzene ring substituents is 1. The van der Waals surface area contributed by atoms with Gasteiger partial charge in [0.1, 0.15) is 5.02 Å². The van der Waals surface area contributed by atoms with Crippen LogP contribution in [0.2, 0.25) is 10.0 Å². The molecule has 9 heteroatoms. The molecule has 82 valence electrons. The number of nitrogens with zero attached hydrogens (tertiary/aromatic N) is 1. The van der Waals surface area contributed by atoms with Crippen molar-refractivity contribution in [1.29, 1.82) is 0 Å². The minimum Gasteiger partial charge on any atom is -0.258 e. The Morgan fingerprint density at radius 1 is 1.27 bits per heavy atom. The smallest absolute Gasteiger partial charge is 0.258 e. The van der Waals surface area contributed by atoms with Gasteiger partial charge in [0.15, 0.2) is 4.90 Å². The van der Waals surface area contributed by atoms with E-state index in [1.165, 1.54) is 0 Å². The Morgan fingerprint density at radius 3 is 2.07 bits per heavy atom. The highest BCUT2D eigenvalue weighted by atomic mass is 35.5. The number of nitrogens with two attached hydrogens (primary N) is 1. The van der Waals surface area contributed by atoms with Crippen molar-refractivity contribution >= 4 is 38.9 Å². The summed E-state index contributed by atoms with van der Waals surface area (Å²) < 4.78 is 22.1. The second kappa shape index (κ2) is 3.93. The number of halogens is 2. The van der Waals surface area contributed by atoms with Crippen molar-refractivity contribution in [2.45, 2.75) is 4.90 Å². The lowest BCUT2D eigenvalue weighted by Gasteiger charge is -2.03. The molecule has 1 rings (SSSR count). The highest BCUT2D eigenvalue weighted by molar-refractivity contribution is 7.89. The van der Waals surface area contributed by atoms with Crippen molar-refractivity contribution < 1.29 is 13.3 Å². The van der Waals surface area contributed by atoms with E-state index in [-0.39, 0.29) is 10.0 Å². The van der Waals surface area contributed by atoms with Crippen LogP contribution in [0.15, 0.2) is 17.0 Å². The number of benzene rings is 1. The minimum absolute atomic E-state index is 0.339. The van der Waals surface area contributed by atoms with Crippen LogP contribution in [0.3, 0.4) is 0 Å². The van der Waals surface area contributed by atoms with Gasteiger partial charge in [0.25, 0.3) is 0 Å². The molecule has 0 aliphatic heterocycles. The van der Waals surface area contributed by atoms with Gasteiger partial charge >= 0.3 is 5.69 Å². The van der Waals surface area contributed by atoms with Gasteiger partial charge in [-0.2, -0.15) is 0 Å². The largest absolute Gasteiger partial charge is 0.309 e. The van der Waals surface area contributed by atoms with Crippen molar-refractivity contribution in [3.63, 3.8) is 0 Å². The molecule has 1 aromatic carbocycles. The first-order chi connectivity index (χ1) is 6.75. The van der Waals surface area contributed by atoms with Gasteiger partial charge in [-0.25, -0.2) is 13.6 Å². The molecule has 0 radical (unpaired) electrons. The van der Waals surface area contributed by atoms with Gasteiger partial charge in [0.2, 0.25) is 10.0 Å². The second-order valence-electron chi connectivity index (χ2n) is 2.51. The molecule has 0 saturated heterocycles. The molecule has 0 aromatic heterocycles. The normalized spacial score (nSPS) is 11.4. The van der Waals surface area contributed by atoms with Crippen LogP contribution >= 0.6 is 23.2 Å². The Morgan fingerprint density at radius 2 is 1.73 bits per heavy atom. The van der Waals surface area contributed by atoms with E-state index in [0.717, 1.165) is 12.1 Å². The second-order valence-corrected chi connectivity index (χ2v) is 4.82. The zero-order valence-corrected chi connectivity index (χ0v) is 9.30. The maximum absolute atomic E-state index is 11.1. The molecule has 0 amide bonds. The monoisotopic (exact) mass is 270 g/mol. The van der Waals surface area contributed by atoms with Gasteiger partial charge in [-0.3, -0.25) is 10.1 Å². The van der Waals surface area contributed by atoms with Crippen LogP contribution in [0.4, 0.5) is 5.69 Å². The van der Waals surface area contributed by atoms with Crippen LogP contribution in [0, 0.1) is 10.1 Å². The predicted octanol–water partition coefficient (Wildman–Crippen LogP) is 1.55. The fourth-order valence-corrected chi connectivity index (χ4v) is 2.51. The zero-order valence-electron chi connectivity index (χ0n) is 6.98. The predicted molar refractivity (Wildman–Crippen MR) is 54.5 cm³/mol. The van der Waals surface area contributed by atoms with E-state index in [1.807, 2.05) is 0 Å². The number of rotatable bonds is 2. The lowest BCUT2D eigenvalue weighted by molar-refractivity contribution is -0.387. The van der Waals surface area contributed by atoms with Gasteiger partial charge in [0.05, 0.1) is 9.95 Å². The van der Waals surface area contributed by atoms with Crippen molar-refractivity contribution in [3.05, 3.63) is 32.3 Å². The van der Waals surface area contributed by atoms with Crippen LogP contribution in [0.5, 0.6) is 0 Å². The van der Waals surface area contributed by atoms with Gasteiger partial charge in [-0.1, -0.05) is 23.2 Å². The molecule has 0 fully saturated rings. The summed E-state index contributed by atoms with van der Waals surface area (Å²) in [7, 11) is -4.29. The highest BCUT2D eigenvalue weighted by Crippen LogP contribution is 2.35. The van der Waals surface area contributed by atoms with E-state index < -0.39 is 25.5 Å². The maximum atomic E-state index is 11.1. The van der Waals surface area contributed by atoms with Crippen LogP contribution in [-0.2, 0) is 10.0 Å². The third-order valence-corrected chi connectivity index (χ3v) is 3.22. The van der Waals surface area contributed by atoms with E-state index in [2.05, 4.69) is 0 Å². The number of primary sulfonamides is 1. The summed E-state index contributed by atoms with van der Waals surface area (Å²) in [6, 6.07) is 2.24. The van der Waals surface area contributed by atoms with Gasteiger partial charge in [-0.05, 0) is 12.1 Å². The Bertz CT molecular complexity index is 528. The van der Waals surface area contributed by atoms with E-state index >= 15 is 0 Å². The topological polar surface area (TPSA) is 103 Å². The SMILES string of the molecule is NS(=O)(=O)c1c(Cl)ccc(Cl)c1[N+](=O)[O-]. The third kappa shape index (κ3) is 2.37. The molecule has 0 saturated carbocycles. The molecular formula is C6H4Cl2N2O4S. The number of nitro groups is 1.